The first-order valence-electron chi connectivity index (χ1n) is 9.16. The molecule has 0 fully saturated rings. The molecular formula is C24H14AlNO2. The van der Waals surface area contributed by atoms with Gasteiger partial charge in [-0.1, -0.05) is 48.5 Å². The van der Waals surface area contributed by atoms with E-state index in [2.05, 4.69) is 44.7 Å². The molecule has 3 nitrogen and oxygen atoms in total. The zero-order chi connectivity index (χ0) is 18.7. The molecule has 130 valence electrons. The lowest BCUT2D eigenvalue weighted by Gasteiger charge is -2.24. The van der Waals surface area contributed by atoms with Gasteiger partial charge in [-0.05, 0) is 36.4 Å². The lowest BCUT2D eigenvalue weighted by molar-refractivity contribution is 0.668. The van der Waals surface area contributed by atoms with Gasteiger partial charge >= 0.3 is 16.5 Å². The maximum Gasteiger partial charge on any atom is 0.318 e. The van der Waals surface area contributed by atoms with E-state index in [1.807, 2.05) is 60.7 Å². The molecule has 0 atom stereocenters. The molecule has 0 unspecified atom stereocenters. The molecule has 0 spiro atoms. The molecule has 0 saturated heterocycles. The van der Waals surface area contributed by atoms with Gasteiger partial charge in [0.25, 0.3) is 0 Å². The van der Waals surface area contributed by atoms with Crippen LogP contribution < -0.4 is 3.88 Å². The number of hydrogen-bond acceptors (Lipinski definition) is 3. The molecule has 6 rings (SSSR count). The number of rotatable bonds is 2. The van der Waals surface area contributed by atoms with Crippen LogP contribution in [0.3, 0.4) is 0 Å². The van der Waals surface area contributed by atoms with E-state index in [4.69, 9.17) is 8.83 Å². The number of anilines is 2. The number of nitrogens with zero attached hydrogens (tertiary/aromatic N) is 1. The Morgan fingerprint density at radius 2 is 0.929 bits per heavy atom. The highest BCUT2D eigenvalue weighted by Gasteiger charge is 2.17. The summed E-state index contributed by atoms with van der Waals surface area (Å²) in [5.41, 5.74) is 5.71. The summed E-state index contributed by atoms with van der Waals surface area (Å²) in [5, 5.41) is 4.45. The van der Waals surface area contributed by atoms with Crippen LogP contribution in [0.5, 0.6) is 0 Å². The third kappa shape index (κ3) is 2.16. The van der Waals surface area contributed by atoms with Gasteiger partial charge in [0.1, 0.15) is 22.3 Å². The molecule has 0 amide bonds. The first-order chi connectivity index (χ1) is 13.8. The van der Waals surface area contributed by atoms with Gasteiger partial charge in [-0.3, -0.25) is 0 Å². The molecule has 0 saturated carbocycles. The van der Waals surface area contributed by atoms with Crippen molar-refractivity contribution >= 4 is 71.8 Å². The third-order valence-corrected chi connectivity index (χ3v) is 5.84. The Labute approximate surface area is 169 Å². The van der Waals surface area contributed by atoms with Crippen LogP contribution in [0, 0.1) is 0 Å². The topological polar surface area (TPSA) is 29.5 Å². The van der Waals surface area contributed by atoms with Crippen LogP contribution in [-0.2, 0) is 0 Å². The first kappa shape index (κ1) is 15.8. The third-order valence-electron chi connectivity index (χ3n) is 5.28. The van der Waals surface area contributed by atoms with Crippen LogP contribution in [0.15, 0.2) is 93.8 Å². The molecule has 0 bridgehead atoms. The maximum atomic E-state index is 6.07. The second kappa shape index (κ2) is 5.90. The van der Waals surface area contributed by atoms with E-state index in [1.165, 1.54) is 0 Å². The molecule has 0 aliphatic heterocycles. The minimum absolute atomic E-state index is 0.885. The van der Waals surface area contributed by atoms with Crippen LogP contribution >= 0.6 is 0 Å². The average molecular weight is 375 g/mol. The first-order valence-corrected chi connectivity index (χ1v) is 9.68. The summed E-state index contributed by atoms with van der Waals surface area (Å²) in [6, 6.07) is 28.7. The Morgan fingerprint density at radius 3 is 1.43 bits per heavy atom. The SMILES string of the molecule is [Al][N](c1cccc2oc3ccccc3c12)c1cccc2oc3ccccc3c12. The Morgan fingerprint density at radius 1 is 0.500 bits per heavy atom. The Kier molecular flexibility index (Phi) is 3.34. The van der Waals surface area contributed by atoms with E-state index in [-0.39, 0.29) is 0 Å². The molecule has 2 heterocycles. The second-order valence-electron chi connectivity index (χ2n) is 6.87. The van der Waals surface area contributed by atoms with Gasteiger partial charge in [-0.2, -0.15) is 0 Å². The van der Waals surface area contributed by atoms with Crippen molar-refractivity contribution in [3.8, 4) is 0 Å². The van der Waals surface area contributed by atoms with E-state index in [0.29, 0.717) is 0 Å². The number of hydrogen-bond donors (Lipinski definition) is 0. The van der Waals surface area contributed by atoms with Crippen LogP contribution in [0.2, 0.25) is 0 Å². The highest BCUT2D eigenvalue weighted by Crippen LogP contribution is 2.41. The predicted molar refractivity (Wildman–Crippen MR) is 115 cm³/mol. The molecular weight excluding hydrogens is 361 g/mol. The molecule has 4 aromatic carbocycles. The lowest BCUT2D eigenvalue weighted by atomic mass is 10.1. The van der Waals surface area contributed by atoms with Crippen LogP contribution in [0.4, 0.5) is 11.4 Å². The van der Waals surface area contributed by atoms with Crippen molar-refractivity contribution < 1.29 is 8.83 Å². The largest absolute Gasteiger partial charge is 0.456 e. The Hall–Kier alpha value is -3.19. The highest BCUT2D eigenvalue weighted by atomic mass is 27.1. The monoisotopic (exact) mass is 375 g/mol. The number of furan rings is 2. The smallest absolute Gasteiger partial charge is 0.318 e. The highest BCUT2D eigenvalue weighted by molar-refractivity contribution is 6.30. The molecule has 4 heteroatoms. The van der Waals surface area contributed by atoms with Gasteiger partial charge in [-0.25, -0.2) is 0 Å². The fourth-order valence-electron chi connectivity index (χ4n) is 4.04. The zero-order valence-corrected chi connectivity index (χ0v) is 16.1. The molecule has 0 aliphatic carbocycles. The summed E-state index contributed by atoms with van der Waals surface area (Å²) < 4.78 is 14.3. The molecule has 6 aromatic rings. The van der Waals surface area contributed by atoms with Crippen LogP contribution in [-0.4, -0.2) is 16.5 Å². The van der Waals surface area contributed by atoms with Crippen LogP contribution in [0.25, 0.3) is 43.9 Å². The standard InChI is InChI=1S/C24H14NO2.Al/c1-3-11-19-15(7-1)23-17(9-5-13-21(23)26-19)25-18-10-6-14-22-24(18)16-8-2-4-12-20(16)27-22;/h1-14H;/q-1;+1. The summed E-state index contributed by atoms with van der Waals surface area (Å²) in [4.78, 5) is 0. The Bertz CT molecular complexity index is 1380. The van der Waals surface area contributed by atoms with Crippen molar-refractivity contribution in [3.05, 3.63) is 84.9 Å². The molecule has 2 radical (unpaired) electrons. The molecule has 28 heavy (non-hydrogen) atoms. The van der Waals surface area contributed by atoms with E-state index in [0.717, 1.165) is 55.3 Å². The summed E-state index contributed by atoms with van der Waals surface area (Å²) in [7, 11) is 0. The van der Waals surface area contributed by atoms with E-state index >= 15 is 0 Å². The fraction of sp³-hybridized carbons (Fsp3) is 0. The lowest BCUT2D eigenvalue weighted by Crippen LogP contribution is -2.12. The number of fused-ring (bicyclic) bond motifs is 6. The van der Waals surface area contributed by atoms with Crippen LogP contribution in [0.1, 0.15) is 0 Å². The van der Waals surface area contributed by atoms with Gasteiger partial charge in [0.05, 0.1) is 0 Å². The minimum atomic E-state index is 0.885. The van der Waals surface area contributed by atoms with Crippen molar-refractivity contribution in [1.82, 2.24) is 0 Å². The van der Waals surface area contributed by atoms with Gasteiger partial charge < -0.3 is 12.7 Å². The molecule has 0 aliphatic rings. The second-order valence-corrected chi connectivity index (χ2v) is 7.38. The summed E-state index contributed by atoms with van der Waals surface area (Å²) >= 11 is 2.87. The summed E-state index contributed by atoms with van der Waals surface area (Å²) in [6.45, 7) is 0. The quantitative estimate of drug-likeness (QED) is 0.315. The van der Waals surface area contributed by atoms with Gasteiger partial charge in [0.15, 0.2) is 0 Å². The number of benzene rings is 4. The summed E-state index contributed by atoms with van der Waals surface area (Å²) in [5.74, 6) is 0. The Balaban J connectivity index is 1.67. The summed E-state index contributed by atoms with van der Waals surface area (Å²) in [6.07, 6.45) is 0. The van der Waals surface area contributed by atoms with E-state index in [9.17, 15) is 0 Å². The van der Waals surface area contributed by atoms with Gasteiger partial charge in [0, 0.05) is 32.9 Å². The van der Waals surface area contributed by atoms with Gasteiger partial charge in [-0.15, -0.1) is 0 Å². The fourth-order valence-corrected chi connectivity index (χ4v) is 4.47. The maximum absolute atomic E-state index is 6.07. The predicted octanol–water partition coefficient (Wildman–Crippen LogP) is 6.71. The van der Waals surface area contributed by atoms with Crippen molar-refractivity contribution in [2.75, 3.05) is 3.88 Å². The normalized spacial score (nSPS) is 11.7. The minimum Gasteiger partial charge on any atom is -0.456 e. The van der Waals surface area contributed by atoms with Crippen molar-refractivity contribution in [2.24, 2.45) is 0 Å². The number of para-hydroxylation sites is 2. The van der Waals surface area contributed by atoms with E-state index in [1.54, 1.807) is 0 Å². The average Bonchev–Trinajstić information content (AvgIpc) is 3.31. The van der Waals surface area contributed by atoms with Crippen molar-refractivity contribution in [2.45, 2.75) is 0 Å². The van der Waals surface area contributed by atoms with Crippen molar-refractivity contribution in [3.63, 3.8) is 0 Å². The van der Waals surface area contributed by atoms with Gasteiger partial charge in [0.2, 0.25) is 0 Å². The zero-order valence-electron chi connectivity index (χ0n) is 14.9. The van der Waals surface area contributed by atoms with E-state index < -0.39 is 0 Å². The molecule has 2 aromatic heterocycles. The van der Waals surface area contributed by atoms with Crippen molar-refractivity contribution in [1.29, 1.82) is 0 Å². The molecule has 0 N–H and O–H groups in total.